The van der Waals surface area contributed by atoms with Crippen molar-refractivity contribution in [2.75, 3.05) is 44.2 Å². The number of nitrogens with two attached hydrogens (primary N) is 1. The number of quaternary nitrogens is 1. The molecule has 50 heavy (non-hydrogen) atoms. The summed E-state index contributed by atoms with van der Waals surface area (Å²) in [6.07, 6.45) is 1.45. The Bertz CT molecular complexity index is 1810. The first kappa shape index (κ1) is 36.9. The number of anilines is 1. The maximum Gasteiger partial charge on any atom is 0.352 e. The van der Waals surface area contributed by atoms with Gasteiger partial charge >= 0.3 is 11.9 Å². The van der Waals surface area contributed by atoms with Gasteiger partial charge in [0, 0.05) is 36.0 Å². The van der Waals surface area contributed by atoms with E-state index in [1.54, 1.807) is 0 Å². The molecule has 1 aromatic carbocycles. The standard InChI is InChI=1S/C31H35ClN6O10S2/c1-31(2,29(46)47)48-36-22(18-14-50-30(33)35-18)20(40)11-17-26(43)37-23(28(44)45)15(13-49-27(17)37)12-38(8-3-4-9-38)10-7-34-25(42)16-5-6-19(39)24(41)21(16)32/h5-6,14,17,27H,3-4,7-13H2,1-2H3,(H6-,33,34,35,36,39,40,41,42,44,45,46,47)/p+1/t17-,27-/m1/s1. The number of rotatable bonds is 14. The Hall–Kier alpha value is -4.39. The number of hydrogen-bond acceptors (Lipinski definition) is 13. The largest absolute Gasteiger partial charge is 0.504 e. The Labute approximate surface area is 299 Å². The number of nitrogens with one attached hydrogen (secondary N) is 1. The molecule has 19 heteroatoms. The number of oxime groups is 1. The van der Waals surface area contributed by atoms with E-state index in [1.165, 1.54) is 42.0 Å². The number of carboxylic acid groups (broad SMARTS) is 2. The molecule has 1 aromatic heterocycles. The fourth-order valence-corrected chi connectivity index (χ4v) is 8.37. The number of benzene rings is 1. The molecule has 16 nitrogen and oxygen atoms in total. The van der Waals surface area contributed by atoms with Gasteiger partial charge in [-0.1, -0.05) is 16.8 Å². The fraction of sp³-hybridized carbons (Fsp3) is 0.452. The lowest BCUT2D eigenvalue weighted by molar-refractivity contribution is -0.911. The number of phenolic OH excluding ortho intramolecular Hbond substituents is 2. The number of nitrogens with zero attached hydrogens (tertiary/aromatic N) is 4. The number of nitrogen functional groups attached to an aromatic ring is 1. The number of likely N-dealkylation sites (tertiary alicyclic amines) is 1. The lowest BCUT2D eigenvalue weighted by Gasteiger charge is -2.50. The van der Waals surface area contributed by atoms with Crippen molar-refractivity contribution in [3.8, 4) is 11.5 Å². The van der Waals surface area contributed by atoms with Crippen molar-refractivity contribution >= 4 is 75.1 Å². The maximum atomic E-state index is 13.5. The minimum Gasteiger partial charge on any atom is -0.504 e. The molecule has 268 valence electrons. The third-order valence-corrected chi connectivity index (χ3v) is 11.4. The summed E-state index contributed by atoms with van der Waals surface area (Å²) in [6, 6.07) is 2.46. The first-order chi connectivity index (χ1) is 23.5. The molecule has 5 rings (SSSR count). The molecule has 2 fully saturated rings. The van der Waals surface area contributed by atoms with Crippen molar-refractivity contribution in [1.82, 2.24) is 15.2 Å². The number of aromatic nitrogens is 1. The van der Waals surface area contributed by atoms with Crippen LogP contribution in [0, 0.1) is 5.92 Å². The van der Waals surface area contributed by atoms with E-state index in [1.807, 2.05) is 0 Å². The van der Waals surface area contributed by atoms with Crippen LogP contribution in [0.3, 0.4) is 0 Å². The summed E-state index contributed by atoms with van der Waals surface area (Å²) in [5, 5.41) is 46.5. The van der Waals surface area contributed by atoms with Crippen molar-refractivity contribution in [2.24, 2.45) is 11.1 Å². The molecule has 0 spiro atoms. The SMILES string of the molecule is CC(C)(O/N=C(/C(=O)C[C@@H]1C(=O)N2C(C(=O)O)=C(C[N+]3(CCNC(=O)c4ccc(O)c(O)c4Cl)CCCC3)CS[C@H]12)c1csc(N)n1)C(=O)O. The molecule has 0 saturated carbocycles. The molecular formula is C31H36ClN6O10S2+. The Morgan fingerprint density at radius 3 is 2.52 bits per heavy atom. The van der Waals surface area contributed by atoms with Gasteiger partial charge in [-0.2, -0.15) is 0 Å². The summed E-state index contributed by atoms with van der Waals surface area (Å²) < 4.78 is 0.486. The molecule has 0 radical (unpaired) electrons. The van der Waals surface area contributed by atoms with Crippen LogP contribution in [0.5, 0.6) is 11.5 Å². The van der Waals surface area contributed by atoms with Gasteiger partial charge in [-0.15, -0.1) is 23.1 Å². The number of carboxylic acids is 2. The van der Waals surface area contributed by atoms with Gasteiger partial charge < -0.3 is 40.8 Å². The number of phenols is 2. The van der Waals surface area contributed by atoms with E-state index in [4.69, 9.17) is 22.2 Å². The summed E-state index contributed by atoms with van der Waals surface area (Å²) in [5.74, 6) is -5.92. The lowest BCUT2D eigenvalue weighted by atomic mass is 9.89. The zero-order chi connectivity index (χ0) is 36.5. The number of aliphatic carboxylic acids is 2. The van der Waals surface area contributed by atoms with Crippen LogP contribution in [0.25, 0.3) is 0 Å². The Morgan fingerprint density at radius 2 is 1.90 bits per heavy atom. The number of fused-ring (bicyclic) bond motifs is 1. The predicted octanol–water partition coefficient (Wildman–Crippen LogP) is 2.24. The summed E-state index contributed by atoms with van der Waals surface area (Å²) in [4.78, 5) is 74.4. The van der Waals surface area contributed by atoms with Crippen LogP contribution in [-0.2, 0) is 24.0 Å². The van der Waals surface area contributed by atoms with Gasteiger partial charge in [-0.05, 0) is 26.0 Å². The van der Waals surface area contributed by atoms with Crippen LogP contribution in [0.4, 0.5) is 5.13 Å². The molecule has 3 aliphatic heterocycles. The number of carbonyl (C=O) groups excluding carboxylic acids is 3. The van der Waals surface area contributed by atoms with Crippen LogP contribution in [0.15, 0.2) is 33.9 Å². The number of carbonyl (C=O) groups is 5. The maximum absolute atomic E-state index is 13.5. The molecule has 2 saturated heterocycles. The monoisotopic (exact) mass is 751 g/mol. The van der Waals surface area contributed by atoms with E-state index in [-0.39, 0.29) is 45.8 Å². The summed E-state index contributed by atoms with van der Waals surface area (Å²) in [5.41, 5.74) is 4.19. The highest BCUT2D eigenvalue weighted by Crippen LogP contribution is 2.46. The Morgan fingerprint density at radius 1 is 1.20 bits per heavy atom. The lowest BCUT2D eigenvalue weighted by Crippen LogP contribution is -2.63. The minimum atomic E-state index is -1.77. The van der Waals surface area contributed by atoms with Crippen molar-refractivity contribution < 1.29 is 53.7 Å². The molecule has 0 unspecified atom stereocenters. The number of aromatic hydroxyl groups is 2. The third kappa shape index (κ3) is 7.38. The molecule has 0 aliphatic carbocycles. The van der Waals surface area contributed by atoms with Gasteiger partial charge in [0.15, 0.2) is 28.1 Å². The Balaban J connectivity index is 1.29. The summed E-state index contributed by atoms with van der Waals surface area (Å²) >= 11 is 8.43. The zero-order valence-electron chi connectivity index (χ0n) is 27.0. The highest BCUT2D eigenvalue weighted by Gasteiger charge is 2.55. The number of thioether (sulfide) groups is 1. The molecule has 4 heterocycles. The van der Waals surface area contributed by atoms with Crippen LogP contribution in [0.2, 0.25) is 5.02 Å². The number of ketones is 1. The molecule has 0 bridgehead atoms. The third-order valence-electron chi connectivity index (χ3n) is 8.93. The van der Waals surface area contributed by atoms with Crippen LogP contribution in [0.1, 0.15) is 49.2 Å². The number of amides is 2. The number of hydrogen-bond donors (Lipinski definition) is 6. The highest BCUT2D eigenvalue weighted by molar-refractivity contribution is 8.00. The second-order valence-corrected chi connectivity index (χ2v) is 15.1. The van der Waals surface area contributed by atoms with Crippen molar-refractivity contribution in [1.29, 1.82) is 0 Å². The van der Waals surface area contributed by atoms with Gasteiger partial charge in [0.1, 0.15) is 17.9 Å². The molecule has 2 atom stereocenters. The van der Waals surface area contributed by atoms with E-state index in [2.05, 4.69) is 15.5 Å². The average molecular weight is 752 g/mol. The Kier molecular flexibility index (Phi) is 10.7. The number of Topliss-reactive ketones (excluding diaryl/α,β-unsaturated/α-hetero) is 1. The minimum absolute atomic E-state index is 0.00408. The van der Waals surface area contributed by atoms with Gasteiger partial charge in [0.2, 0.25) is 11.5 Å². The molecule has 2 amide bonds. The van der Waals surface area contributed by atoms with E-state index in [0.29, 0.717) is 28.9 Å². The molecule has 2 aromatic rings. The second kappa shape index (κ2) is 14.5. The fourth-order valence-electron chi connectivity index (χ4n) is 6.18. The topological polar surface area (TPSA) is 242 Å². The summed E-state index contributed by atoms with van der Waals surface area (Å²) in [6.45, 7) is 5.00. The van der Waals surface area contributed by atoms with Crippen molar-refractivity contribution in [3.05, 3.63) is 45.1 Å². The number of β-lactam (4-membered cyclic amide) rings is 1. The first-order valence-corrected chi connectivity index (χ1v) is 17.8. The van der Waals surface area contributed by atoms with Crippen LogP contribution in [-0.4, -0.2) is 119 Å². The van der Waals surface area contributed by atoms with Crippen LogP contribution < -0.4 is 11.1 Å². The van der Waals surface area contributed by atoms with E-state index in [9.17, 15) is 44.4 Å². The zero-order valence-corrected chi connectivity index (χ0v) is 29.4. The van der Waals surface area contributed by atoms with Gasteiger partial charge in [-0.3, -0.25) is 19.3 Å². The normalized spacial score (nSPS) is 20.3. The second-order valence-electron chi connectivity index (χ2n) is 12.7. The molecular weight excluding hydrogens is 716 g/mol. The predicted molar refractivity (Wildman–Crippen MR) is 183 cm³/mol. The van der Waals surface area contributed by atoms with Gasteiger partial charge in [0.25, 0.3) is 5.91 Å². The van der Waals surface area contributed by atoms with Crippen LogP contribution >= 0.6 is 34.7 Å². The number of thiazole rings is 1. The van der Waals surface area contributed by atoms with E-state index >= 15 is 0 Å². The van der Waals surface area contributed by atoms with E-state index in [0.717, 1.165) is 43.3 Å². The summed E-state index contributed by atoms with van der Waals surface area (Å²) in [7, 11) is 0. The highest BCUT2D eigenvalue weighted by atomic mass is 35.5. The van der Waals surface area contributed by atoms with E-state index < -0.39 is 57.9 Å². The smallest absolute Gasteiger partial charge is 0.352 e. The molecule has 7 N–H and O–H groups in total. The number of halogens is 1. The molecule has 3 aliphatic rings. The van der Waals surface area contributed by atoms with Gasteiger partial charge in [0.05, 0.1) is 48.1 Å². The average Bonchev–Trinajstić information content (AvgIpc) is 3.71. The van der Waals surface area contributed by atoms with Crippen molar-refractivity contribution in [3.63, 3.8) is 0 Å². The van der Waals surface area contributed by atoms with Crippen molar-refractivity contribution in [2.45, 2.75) is 44.1 Å². The quantitative estimate of drug-likeness (QED) is 0.0534. The first-order valence-electron chi connectivity index (χ1n) is 15.5. The van der Waals surface area contributed by atoms with Gasteiger partial charge in [-0.25, -0.2) is 14.6 Å².